The summed E-state index contributed by atoms with van der Waals surface area (Å²) in [7, 11) is 0. The lowest BCUT2D eigenvalue weighted by molar-refractivity contribution is 1.28. The first-order chi connectivity index (χ1) is 25.3. The lowest BCUT2D eigenvalue weighted by Gasteiger charge is -2.26. The van der Waals surface area contributed by atoms with Crippen molar-refractivity contribution in [3.05, 3.63) is 200 Å². The molecule has 0 heterocycles. The maximum atomic E-state index is 2.36. The van der Waals surface area contributed by atoms with Crippen LogP contribution in [0.25, 0.3) is 76.1 Å². The third kappa shape index (κ3) is 4.94. The van der Waals surface area contributed by atoms with Gasteiger partial charge in [0, 0.05) is 17.1 Å². The van der Waals surface area contributed by atoms with E-state index in [-0.39, 0.29) is 0 Å². The fraction of sp³-hybridized carbons (Fsp3) is 0. The van der Waals surface area contributed by atoms with Crippen LogP contribution in [0, 0.1) is 0 Å². The van der Waals surface area contributed by atoms with Gasteiger partial charge in [-0.25, -0.2) is 0 Å². The third-order valence-electron chi connectivity index (χ3n) is 10.4. The van der Waals surface area contributed by atoms with Gasteiger partial charge in [-0.15, -0.1) is 0 Å². The monoisotopic (exact) mass is 647 g/mol. The average molecular weight is 648 g/mol. The van der Waals surface area contributed by atoms with Crippen LogP contribution in [-0.4, -0.2) is 0 Å². The van der Waals surface area contributed by atoms with Gasteiger partial charge in [0.05, 0.1) is 0 Å². The van der Waals surface area contributed by atoms with Crippen LogP contribution >= 0.6 is 0 Å². The Morgan fingerprint density at radius 1 is 0.255 bits per heavy atom. The van der Waals surface area contributed by atoms with E-state index in [1.165, 1.54) is 76.1 Å². The lowest BCUT2D eigenvalue weighted by Crippen LogP contribution is -2.09. The van der Waals surface area contributed by atoms with Gasteiger partial charge >= 0.3 is 0 Å². The molecule has 1 heteroatoms. The van der Waals surface area contributed by atoms with Gasteiger partial charge in [-0.3, -0.25) is 0 Å². The molecule has 0 radical (unpaired) electrons. The quantitative estimate of drug-likeness (QED) is 0.168. The van der Waals surface area contributed by atoms with Gasteiger partial charge in [-0.1, -0.05) is 152 Å². The van der Waals surface area contributed by atoms with Crippen molar-refractivity contribution in [1.29, 1.82) is 0 Å². The van der Waals surface area contributed by atoms with Crippen molar-refractivity contribution < 1.29 is 0 Å². The Bertz CT molecular complexity index is 2890. The molecule has 0 bridgehead atoms. The maximum absolute atomic E-state index is 2.36. The molecule has 10 aromatic carbocycles. The number of nitrogens with zero attached hydrogens (tertiary/aromatic N) is 1. The van der Waals surface area contributed by atoms with Gasteiger partial charge in [0.15, 0.2) is 0 Å². The van der Waals surface area contributed by atoms with Crippen molar-refractivity contribution in [3.63, 3.8) is 0 Å². The van der Waals surface area contributed by atoms with Crippen LogP contribution in [-0.2, 0) is 0 Å². The van der Waals surface area contributed by atoms with Gasteiger partial charge in [0.2, 0.25) is 0 Å². The molecule has 51 heavy (non-hydrogen) atoms. The normalized spacial score (nSPS) is 11.5. The van der Waals surface area contributed by atoms with Crippen LogP contribution in [0.15, 0.2) is 200 Å². The molecule has 1 nitrogen and oxygen atoms in total. The fourth-order valence-electron chi connectivity index (χ4n) is 8.01. The van der Waals surface area contributed by atoms with Crippen LogP contribution in [0.1, 0.15) is 0 Å². The van der Waals surface area contributed by atoms with Gasteiger partial charge in [-0.05, 0) is 125 Å². The topological polar surface area (TPSA) is 3.24 Å². The van der Waals surface area contributed by atoms with E-state index in [1.807, 2.05) is 0 Å². The number of hydrogen-bond acceptors (Lipinski definition) is 1. The second-order valence-electron chi connectivity index (χ2n) is 13.3. The molecule has 0 aliphatic heterocycles. The lowest BCUT2D eigenvalue weighted by atomic mass is 9.90. The number of hydrogen-bond donors (Lipinski definition) is 0. The molecule has 10 aromatic rings. The average Bonchev–Trinajstić information content (AvgIpc) is 3.21. The second-order valence-corrected chi connectivity index (χ2v) is 13.3. The summed E-state index contributed by atoms with van der Waals surface area (Å²) in [5.74, 6) is 0. The minimum absolute atomic E-state index is 1.11. The molecule has 238 valence electrons. The SMILES string of the molecule is c1ccc(N(c2ccc(-c3cc4ccccc4c4ccccc34)cc2)c2ccc(-c3cc4ccccc4c4ccc5ccccc5c34)cc2)cc1. The van der Waals surface area contributed by atoms with Gasteiger partial charge in [-0.2, -0.15) is 0 Å². The first kappa shape index (κ1) is 29.2. The van der Waals surface area contributed by atoms with Crippen molar-refractivity contribution in [3.8, 4) is 22.3 Å². The highest BCUT2D eigenvalue weighted by atomic mass is 15.1. The Kier molecular flexibility index (Phi) is 6.89. The van der Waals surface area contributed by atoms with Gasteiger partial charge < -0.3 is 4.90 Å². The van der Waals surface area contributed by atoms with Gasteiger partial charge in [0.25, 0.3) is 0 Å². The van der Waals surface area contributed by atoms with Crippen LogP contribution in [0.4, 0.5) is 17.1 Å². The van der Waals surface area contributed by atoms with E-state index in [0.29, 0.717) is 0 Å². The first-order valence-corrected chi connectivity index (χ1v) is 17.6. The summed E-state index contributed by atoms with van der Waals surface area (Å²) in [6.07, 6.45) is 0. The Hall–Kier alpha value is -6.70. The Balaban J connectivity index is 1.09. The maximum Gasteiger partial charge on any atom is 0.0462 e. The molecule has 10 rings (SSSR count). The van der Waals surface area contributed by atoms with E-state index < -0.39 is 0 Å². The highest BCUT2D eigenvalue weighted by Gasteiger charge is 2.16. The van der Waals surface area contributed by atoms with Crippen molar-refractivity contribution >= 4 is 70.9 Å². The smallest absolute Gasteiger partial charge is 0.0462 e. The minimum Gasteiger partial charge on any atom is -0.311 e. The molecule has 0 unspecified atom stereocenters. The van der Waals surface area contributed by atoms with E-state index in [1.54, 1.807) is 0 Å². The number of benzene rings is 10. The molecule has 0 aromatic heterocycles. The molecular formula is C50H33N. The first-order valence-electron chi connectivity index (χ1n) is 17.6. The Morgan fingerprint density at radius 3 is 1.35 bits per heavy atom. The molecule has 0 amide bonds. The molecule has 0 saturated heterocycles. The standard InChI is InChI=1S/C50H33N/c1-2-15-39(16-3-1)51(40-27-22-35(23-28-40)48-32-37-13-5-7-17-42(37)45-20-10-11-21-46(45)48)41-29-24-36(25-30-41)49-33-38-14-6-8-18-43(38)47-31-26-34-12-4-9-19-44(34)50(47)49/h1-33H. The van der Waals surface area contributed by atoms with Crippen molar-refractivity contribution in [2.45, 2.75) is 0 Å². The van der Waals surface area contributed by atoms with Crippen LogP contribution in [0.2, 0.25) is 0 Å². The Morgan fingerprint density at radius 2 is 0.706 bits per heavy atom. The van der Waals surface area contributed by atoms with E-state index >= 15 is 0 Å². The summed E-state index contributed by atoms with van der Waals surface area (Å²) in [6, 6.07) is 72.9. The van der Waals surface area contributed by atoms with Crippen molar-refractivity contribution in [2.24, 2.45) is 0 Å². The third-order valence-corrected chi connectivity index (χ3v) is 10.4. The van der Waals surface area contributed by atoms with Crippen molar-refractivity contribution in [1.82, 2.24) is 0 Å². The molecule has 0 aliphatic carbocycles. The highest BCUT2D eigenvalue weighted by Crippen LogP contribution is 2.42. The van der Waals surface area contributed by atoms with Crippen molar-refractivity contribution in [2.75, 3.05) is 4.90 Å². The summed E-state index contributed by atoms with van der Waals surface area (Å²) in [4.78, 5) is 2.35. The second kappa shape index (κ2) is 12.0. The molecule has 0 fully saturated rings. The summed E-state index contributed by atoms with van der Waals surface area (Å²) < 4.78 is 0. The van der Waals surface area contributed by atoms with E-state index in [0.717, 1.165) is 17.1 Å². The van der Waals surface area contributed by atoms with Crippen LogP contribution in [0.3, 0.4) is 0 Å². The predicted octanol–water partition coefficient (Wildman–Crippen LogP) is 14.3. The highest BCUT2D eigenvalue weighted by molar-refractivity contribution is 6.23. The minimum atomic E-state index is 1.11. The molecule has 0 atom stereocenters. The van der Waals surface area contributed by atoms with Crippen LogP contribution in [0.5, 0.6) is 0 Å². The summed E-state index contributed by atoms with van der Waals surface area (Å²) in [5, 5.41) is 12.8. The zero-order chi connectivity index (χ0) is 33.7. The number of rotatable bonds is 5. The van der Waals surface area contributed by atoms with E-state index in [4.69, 9.17) is 0 Å². The largest absolute Gasteiger partial charge is 0.311 e. The summed E-state index contributed by atoms with van der Waals surface area (Å²) in [5.41, 5.74) is 8.27. The fourth-order valence-corrected chi connectivity index (χ4v) is 8.01. The van der Waals surface area contributed by atoms with E-state index in [2.05, 4.69) is 205 Å². The number of anilines is 3. The van der Waals surface area contributed by atoms with Gasteiger partial charge in [0.1, 0.15) is 0 Å². The number of fused-ring (bicyclic) bond motifs is 8. The molecule has 0 spiro atoms. The number of para-hydroxylation sites is 1. The summed E-state index contributed by atoms with van der Waals surface area (Å²) >= 11 is 0. The molecular weight excluding hydrogens is 615 g/mol. The summed E-state index contributed by atoms with van der Waals surface area (Å²) in [6.45, 7) is 0. The Labute approximate surface area is 297 Å². The molecule has 0 N–H and O–H groups in total. The zero-order valence-electron chi connectivity index (χ0n) is 28.0. The zero-order valence-corrected chi connectivity index (χ0v) is 28.0. The van der Waals surface area contributed by atoms with Crippen LogP contribution < -0.4 is 4.90 Å². The molecule has 0 aliphatic rings. The predicted molar refractivity (Wildman–Crippen MR) is 220 cm³/mol. The van der Waals surface area contributed by atoms with E-state index in [9.17, 15) is 0 Å². The molecule has 0 saturated carbocycles.